The number of aromatic nitrogens is 1. The topological polar surface area (TPSA) is 79.7 Å². The summed E-state index contributed by atoms with van der Waals surface area (Å²) in [7, 11) is 1.57. The SMILES string of the molecule is CCC(=O)C1=C(O)C(=O)N(Cc2cccc(OC)c2)C1c1ccncc1. The number of carbonyl (C=O) groups excluding carboxylic acids is 2. The first-order valence-electron chi connectivity index (χ1n) is 8.37. The Morgan fingerprint density at radius 1 is 1.27 bits per heavy atom. The van der Waals surface area contributed by atoms with Crippen molar-refractivity contribution in [1.82, 2.24) is 9.88 Å². The number of benzene rings is 1. The van der Waals surface area contributed by atoms with Crippen molar-refractivity contribution in [3.05, 3.63) is 71.3 Å². The molecule has 2 aromatic rings. The first kappa shape index (κ1) is 17.7. The fourth-order valence-electron chi connectivity index (χ4n) is 3.15. The van der Waals surface area contributed by atoms with Gasteiger partial charge in [-0.3, -0.25) is 14.6 Å². The summed E-state index contributed by atoms with van der Waals surface area (Å²) >= 11 is 0. The van der Waals surface area contributed by atoms with Gasteiger partial charge in [0.05, 0.1) is 18.7 Å². The van der Waals surface area contributed by atoms with E-state index in [-0.39, 0.29) is 24.3 Å². The second-order valence-corrected chi connectivity index (χ2v) is 6.01. The molecule has 134 valence electrons. The number of hydrogen-bond acceptors (Lipinski definition) is 5. The van der Waals surface area contributed by atoms with Crippen molar-refractivity contribution < 1.29 is 19.4 Å². The smallest absolute Gasteiger partial charge is 0.290 e. The van der Waals surface area contributed by atoms with E-state index >= 15 is 0 Å². The van der Waals surface area contributed by atoms with Gasteiger partial charge in [0.2, 0.25) is 0 Å². The van der Waals surface area contributed by atoms with Gasteiger partial charge in [-0.1, -0.05) is 19.1 Å². The van der Waals surface area contributed by atoms with Crippen LogP contribution in [-0.4, -0.2) is 33.8 Å². The Morgan fingerprint density at radius 3 is 2.65 bits per heavy atom. The summed E-state index contributed by atoms with van der Waals surface area (Å²) < 4.78 is 5.23. The van der Waals surface area contributed by atoms with Crippen molar-refractivity contribution >= 4 is 11.7 Å². The highest BCUT2D eigenvalue weighted by Crippen LogP contribution is 2.39. The summed E-state index contributed by atoms with van der Waals surface area (Å²) in [4.78, 5) is 30.6. The van der Waals surface area contributed by atoms with E-state index in [1.165, 1.54) is 4.90 Å². The Hall–Kier alpha value is -3.15. The molecule has 0 fully saturated rings. The fourth-order valence-corrected chi connectivity index (χ4v) is 3.15. The third-order valence-corrected chi connectivity index (χ3v) is 4.43. The molecule has 6 nitrogen and oxygen atoms in total. The summed E-state index contributed by atoms with van der Waals surface area (Å²) in [5.74, 6) is -0.588. The molecule has 3 rings (SSSR count). The van der Waals surface area contributed by atoms with Crippen molar-refractivity contribution in [2.24, 2.45) is 0 Å². The van der Waals surface area contributed by atoms with E-state index < -0.39 is 17.7 Å². The fraction of sp³-hybridized carbons (Fsp3) is 0.250. The third kappa shape index (κ3) is 3.18. The Kier molecular flexibility index (Phi) is 5.02. The lowest BCUT2D eigenvalue weighted by Gasteiger charge is -2.27. The van der Waals surface area contributed by atoms with E-state index in [9.17, 15) is 14.7 Å². The molecular formula is C20H20N2O4. The van der Waals surface area contributed by atoms with Crippen LogP contribution in [0.2, 0.25) is 0 Å². The molecule has 1 aliphatic heterocycles. The van der Waals surface area contributed by atoms with E-state index in [4.69, 9.17) is 4.74 Å². The molecule has 0 radical (unpaired) electrons. The number of aliphatic hydroxyl groups excluding tert-OH is 1. The molecule has 0 aliphatic carbocycles. The Morgan fingerprint density at radius 2 is 2.00 bits per heavy atom. The number of amides is 1. The van der Waals surface area contributed by atoms with Crippen molar-refractivity contribution in [3.8, 4) is 5.75 Å². The number of pyridine rings is 1. The molecule has 2 heterocycles. The quantitative estimate of drug-likeness (QED) is 0.864. The molecule has 26 heavy (non-hydrogen) atoms. The maximum atomic E-state index is 12.7. The first-order valence-corrected chi connectivity index (χ1v) is 8.37. The zero-order valence-electron chi connectivity index (χ0n) is 14.7. The predicted molar refractivity (Wildman–Crippen MR) is 95.5 cm³/mol. The molecule has 1 amide bonds. The minimum absolute atomic E-state index is 0.145. The molecule has 0 bridgehead atoms. The minimum Gasteiger partial charge on any atom is -0.503 e. The molecule has 0 saturated heterocycles. The number of ether oxygens (including phenoxy) is 1. The Labute approximate surface area is 151 Å². The van der Waals surface area contributed by atoms with Crippen LogP contribution in [0.1, 0.15) is 30.5 Å². The number of carbonyl (C=O) groups is 2. The highest BCUT2D eigenvalue weighted by Gasteiger charge is 2.42. The average molecular weight is 352 g/mol. The van der Waals surface area contributed by atoms with Crippen LogP contribution in [-0.2, 0) is 16.1 Å². The summed E-state index contributed by atoms with van der Waals surface area (Å²) in [6.07, 6.45) is 3.42. The maximum Gasteiger partial charge on any atom is 0.290 e. The van der Waals surface area contributed by atoms with Gasteiger partial charge in [-0.05, 0) is 35.4 Å². The van der Waals surface area contributed by atoms with Crippen LogP contribution in [0.5, 0.6) is 5.75 Å². The highest BCUT2D eigenvalue weighted by atomic mass is 16.5. The van der Waals surface area contributed by atoms with Gasteiger partial charge in [0.15, 0.2) is 11.5 Å². The monoisotopic (exact) mass is 352 g/mol. The lowest BCUT2D eigenvalue weighted by Crippen LogP contribution is -2.30. The van der Waals surface area contributed by atoms with E-state index in [2.05, 4.69) is 4.98 Å². The molecule has 1 aromatic heterocycles. The number of Topliss-reactive ketones (excluding diaryl/α,β-unsaturated/α-hetero) is 1. The van der Waals surface area contributed by atoms with Crippen molar-refractivity contribution in [1.29, 1.82) is 0 Å². The number of nitrogens with zero attached hydrogens (tertiary/aromatic N) is 2. The Bertz CT molecular complexity index is 861. The molecule has 0 spiro atoms. The molecule has 1 aromatic carbocycles. The van der Waals surface area contributed by atoms with Crippen LogP contribution in [0.15, 0.2) is 60.1 Å². The van der Waals surface area contributed by atoms with E-state index in [1.807, 2.05) is 24.3 Å². The number of hydrogen-bond donors (Lipinski definition) is 1. The molecule has 1 N–H and O–H groups in total. The van der Waals surface area contributed by atoms with Crippen molar-refractivity contribution in [3.63, 3.8) is 0 Å². The van der Waals surface area contributed by atoms with Crippen LogP contribution in [0, 0.1) is 0 Å². The van der Waals surface area contributed by atoms with Gasteiger partial charge in [0.25, 0.3) is 5.91 Å². The molecule has 1 aliphatic rings. The largest absolute Gasteiger partial charge is 0.503 e. The molecule has 0 saturated carbocycles. The molecular weight excluding hydrogens is 332 g/mol. The summed E-state index contributed by atoms with van der Waals surface area (Å²) in [6.45, 7) is 1.95. The van der Waals surface area contributed by atoms with E-state index in [0.717, 1.165) is 11.1 Å². The van der Waals surface area contributed by atoms with Gasteiger partial charge in [0.1, 0.15) is 5.75 Å². The third-order valence-electron chi connectivity index (χ3n) is 4.43. The summed E-state index contributed by atoms with van der Waals surface area (Å²) in [5, 5.41) is 10.4. The lowest BCUT2D eigenvalue weighted by molar-refractivity contribution is -0.130. The second-order valence-electron chi connectivity index (χ2n) is 6.01. The van der Waals surface area contributed by atoms with Gasteiger partial charge in [-0.15, -0.1) is 0 Å². The molecule has 1 unspecified atom stereocenters. The number of methoxy groups -OCH3 is 1. The standard InChI is InChI=1S/C20H20N2O4/c1-3-16(23)17-18(14-7-9-21-10-8-14)22(20(25)19(17)24)12-13-5-4-6-15(11-13)26-2/h4-11,18,24H,3,12H2,1-2H3. The number of ketones is 1. The lowest BCUT2D eigenvalue weighted by atomic mass is 9.95. The number of rotatable bonds is 6. The summed E-state index contributed by atoms with van der Waals surface area (Å²) in [6, 6.07) is 10.2. The van der Waals surface area contributed by atoms with Crippen LogP contribution in [0.4, 0.5) is 0 Å². The highest BCUT2D eigenvalue weighted by molar-refractivity contribution is 6.08. The van der Waals surface area contributed by atoms with Gasteiger partial charge in [-0.25, -0.2) is 0 Å². The van der Waals surface area contributed by atoms with Gasteiger partial charge < -0.3 is 14.7 Å². The zero-order chi connectivity index (χ0) is 18.7. The van der Waals surface area contributed by atoms with Gasteiger partial charge >= 0.3 is 0 Å². The molecule has 1 atom stereocenters. The van der Waals surface area contributed by atoms with Crippen molar-refractivity contribution in [2.45, 2.75) is 25.9 Å². The van der Waals surface area contributed by atoms with E-state index in [0.29, 0.717) is 5.75 Å². The average Bonchev–Trinajstić information content (AvgIpc) is 2.93. The van der Waals surface area contributed by atoms with Crippen LogP contribution in [0.25, 0.3) is 0 Å². The van der Waals surface area contributed by atoms with Crippen LogP contribution < -0.4 is 4.74 Å². The van der Waals surface area contributed by atoms with Gasteiger partial charge in [0, 0.05) is 25.4 Å². The summed E-state index contributed by atoms with van der Waals surface area (Å²) in [5.41, 5.74) is 1.72. The predicted octanol–water partition coefficient (Wildman–Crippen LogP) is 2.96. The zero-order valence-corrected chi connectivity index (χ0v) is 14.7. The van der Waals surface area contributed by atoms with Gasteiger partial charge in [-0.2, -0.15) is 0 Å². The normalized spacial score (nSPS) is 16.9. The Balaban J connectivity index is 2.02. The maximum absolute atomic E-state index is 12.7. The molecule has 6 heteroatoms. The van der Waals surface area contributed by atoms with Crippen LogP contribution in [0.3, 0.4) is 0 Å². The number of aliphatic hydroxyl groups is 1. The minimum atomic E-state index is -0.635. The van der Waals surface area contributed by atoms with E-state index in [1.54, 1.807) is 38.6 Å². The van der Waals surface area contributed by atoms with Crippen LogP contribution >= 0.6 is 0 Å². The van der Waals surface area contributed by atoms with Crippen molar-refractivity contribution in [2.75, 3.05) is 7.11 Å². The second kappa shape index (κ2) is 7.39. The first-order chi connectivity index (χ1) is 12.6.